The Hall–Kier alpha value is -6.26. The molecule has 0 aliphatic rings. The molecule has 8 aromatic rings. The monoisotopic (exact) mass is 588 g/mol. The molecule has 0 radical (unpaired) electrons. The summed E-state index contributed by atoms with van der Waals surface area (Å²) in [5.74, 6) is 1.97. The number of benzene rings is 6. The molecule has 0 fully saturated rings. The number of rotatable bonds is 6. The fourth-order valence-corrected chi connectivity index (χ4v) is 5.74. The van der Waals surface area contributed by atoms with Gasteiger partial charge in [0.25, 0.3) is 0 Å². The lowest BCUT2D eigenvalue weighted by Crippen LogP contribution is -2.00. The van der Waals surface area contributed by atoms with Gasteiger partial charge in [-0.3, -0.25) is 4.98 Å². The van der Waals surface area contributed by atoms with Crippen LogP contribution in [0.25, 0.3) is 78.3 Å². The highest BCUT2D eigenvalue weighted by molar-refractivity contribution is 5.91. The predicted octanol–water partition coefficient (Wildman–Crippen LogP) is 10.4. The average molecular weight is 589 g/mol. The van der Waals surface area contributed by atoms with Gasteiger partial charge in [-0.2, -0.15) is 0 Å². The van der Waals surface area contributed by atoms with Gasteiger partial charge in [-0.05, 0) is 62.4 Å². The molecule has 0 spiro atoms. The molecule has 0 amide bonds. The van der Waals surface area contributed by atoms with E-state index in [0.717, 1.165) is 38.9 Å². The smallest absolute Gasteiger partial charge is 0.164 e. The average Bonchev–Trinajstić information content (AvgIpc) is 3.15. The van der Waals surface area contributed by atoms with Crippen LogP contribution < -0.4 is 0 Å². The number of pyridine rings is 1. The van der Waals surface area contributed by atoms with Gasteiger partial charge in [0.2, 0.25) is 0 Å². The van der Waals surface area contributed by atoms with Crippen LogP contribution in [0.5, 0.6) is 0 Å². The molecule has 216 valence electrons. The molecule has 0 bridgehead atoms. The number of fused-ring (bicyclic) bond motifs is 1. The minimum atomic E-state index is 0.650. The minimum absolute atomic E-state index is 0.650. The van der Waals surface area contributed by atoms with Crippen LogP contribution in [0.3, 0.4) is 0 Å². The Morgan fingerprint density at radius 1 is 0.283 bits per heavy atom. The largest absolute Gasteiger partial charge is 0.264 e. The summed E-state index contributed by atoms with van der Waals surface area (Å²) in [6.07, 6.45) is 3.70. The lowest BCUT2D eigenvalue weighted by Gasteiger charge is -2.10. The van der Waals surface area contributed by atoms with Gasteiger partial charge in [0, 0.05) is 29.1 Å². The van der Waals surface area contributed by atoms with E-state index in [9.17, 15) is 0 Å². The summed E-state index contributed by atoms with van der Waals surface area (Å²) in [7, 11) is 0. The SMILES string of the molecule is c1ccc(-c2nc(-c3ccccc3)nc(-c3ccc(-c4ccc5ccc(-c6ccc(-c7cccnc7)cc6)cc5c4)cc3)n2)cc1. The number of nitrogens with zero attached hydrogens (tertiary/aromatic N) is 4. The lowest BCUT2D eigenvalue weighted by atomic mass is 9.96. The van der Waals surface area contributed by atoms with Crippen LogP contribution in [0.15, 0.2) is 170 Å². The summed E-state index contributed by atoms with van der Waals surface area (Å²) in [4.78, 5) is 18.8. The van der Waals surface area contributed by atoms with Crippen LogP contribution in [-0.2, 0) is 0 Å². The van der Waals surface area contributed by atoms with Gasteiger partial charge in [0.05, 0.1) is 0 Å². The van der Waals surface area contributed by atoms with Crippen LogP contribution >= 0.6 is 0 Å². The number of hydrogen-bond acceptors (Lipinski definition) is 4. The van der Waals surface area contributed by atoms with Gasteiger partial charge in [0.15, 0.2) is 17.5 Å². The van der Waals surface area contributed by atoms with Crippen molar-refractivity contribution in [1.29, 1.82) is 0 Å². The third-order valence-electron chi connectivity index (χ3n) is 8.23. The summed E-state index contributed by atoms with van der Waals surface area (Å²) in [6.45, 7) is 0. The Labute approximate surface area is 267 Å². The molecule has 2 heterocycles. The van der Waals surface area contributed by atoms with Crippen molar-refractivity contribution in [3.05, 3.63) is 170 Å². The van der Waals surface area contributed by atoms with E-state index in [1.165, 1.54) is 21.9 Å². The first kappa shape index (κ1) is 27.3. The topological polar surface area (TPSA) is 51.6 Å². The number of aromatic nitrogens is 4. The van der Waals surface area contributed by atoms with Gasteiger partial charge in [-0.15, -0.1) is 0 Å². The first-order chi connectivity index (χ1) is 22.8. The highest BCUT2D eigenvalue weighted by Crippen LogP contribution is 2.31. The zero-order chi connectivity index (χ0) is 30.7. The van der Waals surface area contributed by atoms with Gasteiger partial charge in [-0.25, -0.2) is 15.0 Å². The van der Waals surface area contributed by atoms with Crippen molar-refractivity contribution in [2.24, 2.45) is 0 Å². The maximum atomic E-state index is 4.88. The third-order valence-corrected chi connectivity index (χ3v) is 8.23. The molecule has 4 nitrogen and oxygen atoms in total. The first-order valence-corrected chi connectivity index (χ1v) is 15.3. The fourth-order valence-electron chi connectivity index (χ4n) is 5.74. The van der Waals surface area contributed by atoms with Crippen molar-refractivity contribution in [2.45, 2.75) is 0 Å². The Morgan fingerprint density at radius 3 is 1.13 bits per heavy atom. The summed E-state index contributed by atoms with van der Waals surface area (Å²) in [5.41, 5.74) is 9.81. The zero-order valence-corrected chi connectivity index (χ0v) is 25.0. The molecule has 0 saturated carbocycles. The van der Waals surface area contributed by atoms with Crippen LogP contribution in [0.2, 0.25) is 0 Å². The highest BCUT2D eigenvalue weighted by Gasteiger charge is 2.12. The second kappa shape index (κ2) is 12.0. The molecule has 46 heavy (non-hydrogen) atoms. The van der Waals surface area contributed by atoms with E-state index < -0.39 is 0 Å². The van der Waals surface area contributed by atoms with Crippen LogP contribution in [-0.4, -0.2) is 19.9 Å². The first-order valence-electron chi connectivity index (χ1n) is 15.3. The predicted molar refractivity (Wildman–Crippen MR) is 188 cm³/mol. The normalized spacial score (nSPS) is 11.0. The lowest BCUT2D eigenvalue weighted by molar-refractivity contribution is 1.07. The molecule has 6 aromatic carbocycles. The van der Waals surface area contributed by atoms with Crippen molar-refractivity contribution in [3.8, 4) is 67.5 Å². The quantitative estimate of drug-likeness (QED) is 0.194. The molecule has 0 saturated heterocycles. The molecular formula is C42H28N4. The fraction of sp³-hybridized carbons (Fsp3) is 0. The van der Waals surface area contributed by atoms with Gasteiger partial charge in [-0.1, -0.05) is 140 Å². The van der Waals surface area contributed by atoms with E-state index >= 15 is 0 Å². The Kier molecular flexibility index (Phi) is 7.14. The Morgan fingerprint density at radius 2 is 0.674 bits per heavy atom. The van der Waals surface area contributed by atoms with E-state index in [-0.39, 0.29) is 0 Å². The standard InChI is InChI=1S/C42H28N4/c1-3-8-33(9-4-1)40-44-41(34-10-5-2-6-11-34)46-42(45-40)35-21-17-30(18-22-35)37-24-20-32-19-23-36(26-39(32)27-37)29-13-15-31(16-14-29)38-12-7-25-43-28-38/h1-28H. The van der Waals surface area contributed by atoms with Gasteiger partial charge >= 0.3 is 0 Å². The molecule has 0 aliphatic carbocycles. The summed E-state index contributed by atoms with van der Waals surface area (Å²) in [6, 6.07) is 54.6. The summed E-state index contributed by atoms with van der Waals surface area (Å²) in [5, 5.41) is 2.41. The van der Waals surface area contributed by atoms with Crippen molar-refractivity contribution in [1.82, 2.24) is 19.9 Å². The van der Waals surface area contributed by atoms with Crippen LogP contribution in [0.4, 0.5) is 0 Å². The van der Waals surface area contributed by atoms with E-state index in [4.69, 9.17) is 15.0 Å². The second-order valence-corrected chi connectivity index (χ2v) is 11.2. The minimum Gasteiger partial charge on any atom is -0.264 e. The highest BCUT2D eigenvalue weighted by atomic mass is 15.0. The van der Waals surface area contributed by atoms with Crippen molar-refractivity contribution < 1.29 is 0 Å². The molecule has 2 aromatic heterocycles. The molecule has 0 aliphatic heterocycles. The summed E-state index contributed by atoms with van der Waals surface area (Å²) >= 11 is 0. The van der Waals surface area contributed by atoms with E-state index in [2.05, 4.69) is 96.0 Å². The van der Waals surface area contributed by atoms with E-state index in [1.54, 1.807) is 6.20 Å². The molecule has 0 atom stereocenters. The molecular weight excluding hydrogens is 560 g/mol. The molecule has 0 unspecified atom stereocenters. The maximum Gasteiger partial charge on any atom is 0.164 e. The van der Waals surface area contributed by atoms with Crippen LogP contribution in [0.1, 0.15) is 0 Å². The van der Waals surface area contributed by atoms with Gasteiger partial charge < -0.3 is 0 Å². The van der Waals surface area contributed by atoms with E-state index in [1.807, 2.05) is 72.9 Å². The van der Waals surface area contributed by atoms with Crippen molar-refractivity contribution >= 4 is 10.8 Å². The van der Waals surface area contributed by atoms with Crippen molar-refractivity contribution in [2.75, 3.05) is 0 Å². The summed E-state index contributed by atoms with van der Waals surface area (Å²) < 4.78 is 0. The van der Waals surface area contributed by atoms with E-state index in [0.29, 0.717) is 17.5 Å². The van der Waals surface area contributed by atoms with Crippen molar-refractivity contribution in [3.63, 3.8) is 0 Å². The zero-order valence-electron chi connectivity index (χ0n) is 25.0. The molecule has 0 N–H and O–H groups in total. The Balaban J connectivity index is 1.11. The third kappa shape index (κ3) is 5.56. The molecule has 4 heteroatoms. The second-order valence-electron chi connectivity index (χ2n) is 11.2. The van der Waals surface area contributed by atoms with Crippen LogP contribution in [0, 0.1) is 0 Å². The maximum absolute atomic E-state index is 4.88. The molecule has 8 rings (SSSR count). The van der Waals surface area contributed by atoms with Gasteiger partial charge in [0.1, 0.15) is 0 Å². The number of hydrogen-bond donors (Lipinski definition) is 0. The Bertz CT molecular complexity index is 2210.